The fourth-order valence-corrected chi connectivity index (χ4v) is 1.33. The van der Waals surface area contributed by atoms with Gasteiger partial charge in [0, 0.05) is 6.07 Å². The van der Waals surface area contributed by atoms with E-state index in [0.717, 1.165) is 0 Å². The molecule has 0 spiro atoms. The maximum Gasteiger partial charge on any atom is 0.573 e. The van der Waals surface area contributed by atoms with Gasteiger partial charge in [-0.3, -0.25) is 0 Å². The van der Waals surface area contributed by atoms with E-state index < -0.39 is 34.7 Å². The summed E-state index contributed by atoms with van der Waals surface area (Å²) in [6.45, 7) is 0. The zero-order chi connectivity index (χ0) is 12.5. The molecule has 9 heteroatoms. The Morgan fingerprint density at radius 2 is 1.88 bits per heavy atom. The van der Waals surface area contributed by atoms with Crippen LogP contribution in [0.4, 0.5) is 26.3 Å². The standard InChI is InChI=1S/C7H2BrF6NO/c8-2-1-3(9)15-4(6(10)11)5(2)16-7(12,13)14/h1,6H. The molecule has 0 N–H and O–H groups in total. The molecule has 0 fully saturated rings. The normalized spacial score (nSPS) is 12.0. The molecule has 1 heterocycles. The van der Waals surface area contributed by atoms with Gasteiger partial charge in [-0.1, -0.05) is 0 Å². The molecule has 0 aliphatic rings. The number of nitrogens with zero attached hydrogens (tertiary/aromatic N) is 1. The molecule has 0 saturated heterocycles. The average Bonchev–Trinajstić information content (AvgIpc) is 2.07. The molecule has 2 nitrogen and oxygen atoms in total. The third kappa shape index (κ3) is 3.26. The molecule has 0 aliphatic heterocycles. The van der Waals surface area contributed by atoms with Crippen LogP contribution in [0.25, 0.3) is 0 Å². The van der Waals surface area contributed by atoms with Gasteiger partial charge in [-0.15, -0.1) is 13.2 Å². The topological polar surface area (TPSA) is 22.1 Å². The van der Waals surface area contributed by atoms with Gasteiger partial charge in [0.1, 0.15) is 0 Å². The molecule has 0 unspecified atom stereocenters. The lowest BCUT2D eigenvalue weighted by Gasteiger charge is -2.13. The first-order valence-electron chi connectivity index (χ1n) is 3.60. The van der Waals surface area contributed by atoms with Gasteiger partial charge >= 0.3 is 6.36 Å². The lowest BCUT2D eigenvalue weighted by molar-refractivity contribution is -0.275. The van der Waals surface area contributed by atoms with E-state index in [2.05, 4.69) is 25.7 Å². The summed E-state index contributed by atoms with van der Waals surface area (Å²) in [5.74, 6) is -2.58. The van der Waals surface area contributed by atoms with Crippen molar-refractivity contribution in [1.82, 2.24) is 4.98 Å². The maximum atomic E-state index is 12.6. The number of aromatic nitrogens is 1. The van der Waals surface area contributed by atoms with Crippen LogP contribution in [0.15, 0.2) is 10.5 Å². The van der Waals surface area contributed by atoms with Gasteiger partial charge in [0.05, 0.1) is 4.47 Å². The predicted octanol–water partition coefficient (Wildman–Crippen LogP) is 3.82. The molecule has 0 amide bonds. The second-order valence-corrected chi connectivity index (χ2v) is 3.34. The molecule has 0 bridgehead atoms. The minimum atomic E-state index is -5.16. The van der Waals surface area contributed by atoms with E-state index in [1.54, 1.807) is 0 Å². The number of hydrogen-bond acceptors (Lipinski definition) is 2. The van der Waals surface area contributed by atoms with Crippen LogP contribution in [0.3, 0.4) is 0 Å². The summed E-state index contributed by atoms with van der Waals surface area (Å²) in [5, 5.41) is 0. The Hall–Kier alpha value is -0.990. The Kier molecular flexibility index (Phi) is 3.66. The summed E-state index contributed by atoms with van der Waals surface area (Å²) in [4.78, 5) is 2.65. The Labute approximate surface area is 93.4 Å². The third-order valence-electron chi connectivity index (χ3n) is 1.35. The van der Waals surface area contributed by atoms with Crippen molar-refractivity contribution in [3.05, 3.63) is 22.2 Å². The zero-order valence-electron chi connectivity index (χ0n) is 7.16. The van der Waals surface area contributed by atoms with E-state index >= 15 is 0 Å². The monoisotopic (exact) mass is 309 g/mol. The Morgan fingerprint density at radius 3 is 2.31 bits per heavy atom. The molecule has 0 aromatic carbocycles. The summed E-state index contributed by atoms with van der Waals surface area (Å²) < 4.78 is 75.4. The Balaban J connectivity index is 3.25. The lowest BCUT2D eigenvalue weighted by Crippen LogP contribution is -2.19. The van der Waals surface area contributed by atoms with E-state index in [4.69, 9.17) is 0 Å². The van der Waals surface area contributed by atoms with Crippen molar-refractivity contribution in [3.8, 4) is 5.75 Å². The van der Waals surface area contributed by atoms with Crippen LogP contribution in [-0.2, 0) is 0 Å². The van der Waals surface area contributed by atoms with E-state index in [1.807, 2.05) is 0 Å². The highest BCUT2D eigenvalue weighted by Crippen LogP contribution is 2.37. The van der Waals surface area contributed by atoms with Crippen LogP contribution in [0.5, 0.6) is 5.75 Å². The predicted molar refractivity (Wildman–Crippen MR) is 43.5 cm³/mol. The van der Waals surface area contributed by atoms with Crippen LogP contribution in [0, 0.1) is 5.95 Å². The van der Waals surface area contributed by atoms with E-state index in [1.165, 1.54) is 0 Å². The summed E-state index contributed by atoms with van der Waals surface area (Å²) in [5.41, 5.74) is -1.41. The second kappa shape index (κ2) is 4.48. The summed E-state index contributed by atoms with van der Waals surface area (Å²) in [7, 11) is 0. The lowest BCUT2D eigenvalue weighted by atomic mass is 10.3. The maximum absolute atomic E-state index is 12.6. The highest BCUT2D eigenvalue weighted by Gasteiger charge is 2.35. The first-order chi connectivity index (χ1) is 7.20. The molecule has 90 valence electrons. The first kappa shape index (κ1) is 13.1. The van der Waals surface area contributed by atoms with Crippen LogP contribution in [0.2, 0.25) is 0 Å². The molecule has 0 saturated carbocycles. The van der Waals surface area contributed by atoms with Crippen molar-refractivity contribution in [3.63, 3.8) is 0 Å². The Morgan fingerprint density at radius 1 is 1.31 bits per heavy atom. The van der Waals surface area contributed by atoms with E-state index in [0.29, 0.717) is 6.07 Å². The molecule has 1 aromatic rings. The van der Waals surface area contributed by atoms with Gasteiger partial charge in [-0.05, 0) is 15.9 Å². The van der Waals surface area contributed by atoms with Crippen molar-refractivity contribution in [2.75, 3.05) is 0 Å². The van der Waals surface area contributed by atoms with E-state index in [9.17, 15) is 26.3 Å². The summed E-state index contributed by atoms with van der Waals surface area (Å²) in [6, 6.07) is 0.493. The average molecular weight is 310 g/mol. The molecule has 0 radical (unpaired) electrons. The molecular formula is C7H2BrF6NO. The minimum Gasteiger partial charge on any atom is -0.402 e. The number of pyridine rings is 1. The van der Waals surface area contributed by atoms with E-state index in [-0.39, 0.29) is 0 Å². The summed E-state index contributed by atoms with van der Waals surface area (Å²) in [6.07, 6.45) is -8.55. The van der Waals surface area contributed by atoms with Gasteiger partial charge in [0.15, 0.2) is 11.4 Å². The first-order valence-corrected chi connectivity index (χ1v) is 4.40. The summed E-state index contributed by atoms with van der Waals surface area (Å²) >= 11 is 2.48. The smallest absolute Gasteiger partial charge is 0.402 e. The molecular weight excluding hydrogens is 308 g/mol. The molecule has 0 aliphatic carbocycles. The van der Waals surface area contributed by atoms with Crippen molar-refractivity contribution in [2.45, 2.75) is 12.8 Å². The highest BCUT2D eigenvalue weighted by molar-refractivity contribution is 9.10. The third-order valence-corrected chi connectivity index (χ3v) is 1.94. The largest absolute Gasteiger partial charge is 0.573 e. The van der Waals surface area contributed by atoms with Gasteiger partial charge < -0.3 is 4.74 Å². The quantitative estimate of drug-likeness (QED) is 0.612. The number of halogens is 7. The van der Waals surface area contributed by atoms with Crippen LogP contribution >= 0.6 is 15.9 Å². The fourth-order valence-electron chi connectivity index (χ4n) is 0.855. The molecule has 1 aromatic heterocycles. The second-order valence-electron chi connectivity index (χ2n) is 2.49. The minimum absolute atomic E-state index is 0.493. The number of hydrogen-bond donors (Lipinski definition) is 0. The number of rotatable bonds is 2. The molecule has 0 atom stereocenters. The van der Waals surface area contributed by atoms with Crippen molar-refractivity contribution in [1.29, 1.82) is 0 Å². The highest BCUT2D eigenvalue weighted by atomic mass is 79.9. The van der Waals surface area contributed by atoms with Crippen molar-refractivity contribution < 1.29 is 31.1 Å². The SMILES string of the molecule is Fc1cc(Br)c(OC(F)(F)F)c(C(F)F)n1. The van der Waals surface area contributed by atoms with Crippen LogP contribution in [-0.4, -0.2) is 11.3 Å². The van der Waals surface area contributed by atoms with Crippen LogP contribution in [0.1, 0.15) is 12.1 Å². The van der Waals surface area contributed by atoms with Gasteiger partial charge in [-0.25, -0.2) is 13.8 Å². The van der Waals surface area contributed by atoms with Crippen molar-refractivity contribution >= 4 is 15.9 Å². The number of alkyl halides is 5. The van der Waals surface area contributed by atoms with Gasteiger partial charge in [0.25, 0.3) is 6.43 Å². The van der Waals surface area contributed by atoms with Gasteiger partial charge in [0.2, 0.25) is 5.95 Å². The molecule has 16 heavy (non-hydrogen) atoms. The zero-order valence-corrected chi connectivity index (χ0v) is 8.74. The van der Waals surface area contributed by atoms with Gasteiger partial charge in [-0.2, -0.15) is 4.39 Å². The van der Waals surface area contributed by atoms with Crippen molar-refractivity contribution in [2.24, 2.45) is 0 Å². The fraction of sp³-hybridized carbons (Fsp3) is 0.286. The van der Waals surface area contributed by atoms with Crippen LogP contribution < -0.4 is 4.74 Å². The Bertz CT molecular complexity index is 393. The molecule has 1 rings (SSSR count). The number of ether oxygens (including phenoxy) is 1.